The highest BCUT2D eigenvalue weighted by molar-refractivity contribution is 9.10. The number of hydrogen-bond acceptors (Lipinski definition) is 2. The molecule has 0 fully saturated rings. The van der Waals surface area contributed by atoms with Gasteiger partial charge in [0, 0.05) is 16.4 Å². The van der Waals surface area contributed by atoms with Crippen LogP contribution in [0.3, 0.4) is 0 Å². The zero-order chi connectivity index (χ0) is 13.7. The van der Waals surface area contributed by atoms with Crippen LogP contribution in [0.1, 0.15) is 11.3 Å². The van der Waals surface area contributed by atoms with Crippen LogP contribution in [0, 0.1) is 11.7 Å². The van der Waals surface area contributed by atoms with Gasteiger partial charge in [-0.15, -0.1) is 0 Å². The summed E-state index contributed by atoms with van der Waals surface area (Å²) >= 11 is 3.36. The lowest BCUT2D eigenvalue weighted by molar-refractivity contribution is 0.524. The molecule has 0 amide bonds. The van der Waals surface area contributed by atoms with Gasteiger partial charge in [0.15, 0.2) is 0 Å². The molecule has 0 saturated carbocycles. The second-order valence-electron chi connectivity index (χ2n) is 4.61. The summed E-state index contributed by atoms with van der Waals surface area (Å²) in [6.07, 6.45) is 3.36. The molecule has 1 aromatic heterocycles. The fourth-order valence-corrected chi connectivity index (χ4v) is 2.29. The third-order valence-corrected chi connectivity index (χ3v) is 3.50. The van der Waals surface area contributed by atoms with E-state index in [-0.39, 0.29) is 11.7 Å². The molecule has 1 atom stereocenters. The zero-order valence-corrected chi connectivity index (χ0v) is 12.1. The van der Waals surface area contributed by atoms with Crippen LogP contribution in [-0.2, 0) is 12.8 Å². The summed E-state index contributed by atoms with van der Waals surface area (Å²) in [5, 5.41) is 0. The van der Waals surface area contributed by atoms with Crippen LogP contribution in [0.2, 0.25) is 0 Å². The third-order valence-electron chi connectivity index (χ3n) is 3.03. The number of pyridine rings is 1. The molecule has 0 aliphatic rings. The van der Waals surface area contributed by atoms with E-state index in [0.717, 1.165) is 28.6 Å². The van der Waals surface area contributed by atoms with Crippen molar-refractivity contribution in [3.8, 4) is 0 Å². The highest BCUT2D eigenvalue weighted by Crippen LogP contribution is 2.15. The molecule has 0 spiro atoms. The van der Waals surface area contributed by atoms with E-state index in [9.17, 15) is 4.39 Å². The second-order valence-corrected chi connectivity index (χ2v) is 5.52. The quantitative estimate of drug-likeness (QED) is 0.916. The molecule has 1 heterocycles. The van der Waals surface area contributed by atoms with E-state index < -0.39 is 0 Å². The summed E-state index contributed by atoms with van der Waals surface area (Å²) in [5.74, 6) is 0.0745. The first-order valence-corrected chi connectivity index (χ1v) is 7.01. The van der Waals surface area contributed by atoms with Gasteiger partial charge in [-0.3, -0.25) is 4.98 Å². The summed E-state index contributed by atoms with van der Waals surface area (Å²) in [5.41, 5.74) is 7.79. The van der Waals surface area contributed by atoms with Crippen LogP contribution in [0.5, 0.6) is 0 Å². The van der Waals surface area contributed by atoms with Crippen molar-refractivity contribution >= 4 is 15.9 Å². The van der Waals surface area contributed by atoms with E-state index in [0.29, 0.717) is 6.54 Å². The summed E-state index contributed by atoms with van der Waals surface area (Å²) in [6.45, 7) is 0.564. The largest absolute Gasteiger partial charge is 0.330 e. The monoisotopic (exact) mass is 322 g/mol. The average molecular weight is 323 g/mol. The molecular weight excluding hydrogens is 307 g/mol. The highest BCUT2D eigenvalue weighted by Gasteiger charge is 2.10. The molecule has 1 aromatic carbocycles. The van der Waals surface area contributed by atoms with Crippen LogP contribution in [0.4, 0.5) is 4.39 Å². The minimum absolute atomic E-state index is 0.199. The minimum Gasteiger partial charge on any atom is -0.330 e. The second kappa shape index (κ2) is 6.78. The predicted octanol–water partition coefficient (Wildman–Crippen LogP) is 3.34. The lowest BCUT2D eigenvalue weighted by Gasteiger charge is -2.14. The molecule has 2 N–H and O–H groups in total. The van der Waals surface area contributed by atoms with Crippen LogP contribution in [0.25, 0.3) is 0 Å². The molecule has 19 heavy (non-hydrogen) atoms. The summed E-state index contributed by atoms with van der Waals surface area (Å²) in [6, 6.07) is 10.6. The van der Waals surface area contributed by atoms with Gasteiger partial charge in [-0.25, -0.2) is 4.39 Å². The van der Waals surface area contributed by atoms with Gasteiger partial charge in [-0.05, 0) is 71.1 Å². The molecule has 2 rings (SSSR count). The predicted molar refractivity (Wildman–Crippen MR) is 78.3 cm³/mol. The summed E-state index contributed by atoms with van der Waals surface area (Å²) < 4.78 is 14.1. The molecule has 0 aliphatic carbocycles. The maximum absolute atomic E-state index is 13.1. The lowest BCUT2D eigenvalue weighted by Crippen LogP contribution is -2.19. The maximum atomic E-state index is 13.1. The number of nitrogens with two attached hydrogens (primary N) is 1. The molecular formula is C15H16BrFN2. The first-order chi connectivity index (χ1) is 9.17. The van der Waals surface area contributed by atoms with E-state index in [2.05, 4.69) is 20.9 Å². The number of benzene rings is 1. The van der Waals surface area contributed by atoms with Gasteiger partial charge in [0.05, 0.1) is 0 Å². The number of aromatic nitrogens is 1. The van der Waals surface area contributed by atoms with Gasteiger partial charge in [0.25, 0.3) is 0 Å². The van der Waals surface area contributed by atoms with Gasteiger partial charge in [0.1, 0.15) is 5.82 Å². The van der Waals surface area contributed by atoms with Crippen molar-refractivity contribution in [1.82, 2.24) is 4.98 Å². The Balaban J connectivity index is 2.02. The normalized spacial score (nSPS) is 12.4. The lowest BCUT2D eigenvalue weighted by atomic mass is 9.94. The third kappa shape index (κ3) is 4.40. The van der Waals surface area contributed by atoms with Crippen molar-refractivity contribution in [3.63, 3.8) is 0 Å². The van der Waals surface area contributed by atoms with Crippen LogP contribution >= 0.6 is 15.9 Å². The van der Waals surface area contributed by atoms with Crippen molar-refractivity contribution in [2.75, 3.05) is 6.54 Å². The zero-order valence-electron chi connectivity index (χ0n) is 10.5. The molecule has 0 radical (unpaired) electrons. The van der Waals surface area contributed by atoms with Gasteiger partial charge in [-0.1, -0.05) is 12.1 Å². The van der Waals surface area contributed by atoms with Crippen molar-refractivity contribution in [2.45, 2.75) is 12.8 Å². The molecule has 2 aromatic rings. The number of rotatable bonds is 5. The molecule has 4 heteroatoms. The molecule has 100 valence electrons. The molecule has 0 aliphatic heterocycles. The van der Waals surface area contributed by atoms with Gasteiger partial charge in [0.2, 0.25) is 0 Å². The van der Waals surface area contributed by atoms with Crippen molar-refractivity contribution in [1.29, 1.82) is 0 Å². The Kier molecular flexibility index (Phi) is 5.05. The van der Waals surface area contributed by atoms with E-state index >= 15 is 0 Å². The smallest absolute Gasteiger partial charge is 0.123 e. The molecule has 1 unspecified atom stereocenters. The minimum atomic E-state index is -0.199. The maximum Gasteiger partial charge on any atom is 0.123 e. The van der Waals surface area contributed by atoms with Crippen molar-refractivity contribution < 1.29 is 4.39 Å². The highest BCUT2D eigenvalue weighted by atomic mass is 79.9. The van der Waals surface area contributed by atoms with Gasteiger partial charge in [-0.2, -0.15) is 0 Å². The Morgan fingerprint density at radius 2 is 2.05 bits per heavy atom. The van der Waals surface area contributed by atoms with Crippen molar-refractivity contribution in [2.24, 2.45) is 11.7 Å². The standard InChI is InChI=1S/C15H16BrFN2/c16-13-4-5-15(19-10-13)8-12(9-18)6-11-2-1-3-14(17)7-11/h1-5,7,10,12H,6,8-9,18H2. The van der Waals surface area contributed by atoms with Gasteiger partial charge >= 0.3 is 0 Å². The number of nitrogens with zero attached hydrogens (tertiary/aromatic N) is 1. The van der Waals surface area contributed by atoms with Crippen LogP contribution in [-0.4, -0.2) is 11.5 Å². The molecule has 0 bridgehead atoms. The SMILES string of the molecule is NCC(Cc1cccc(F)c1)Cc1ccc(Br)cn1. The average Bonchev–Trinajstić information content (AvgIpc) is 2.40. The Morgan fingerprint density at radius 3 is 2.68 bits per heavy atom. The van der Waals surface area contributed by atoms with E-state index in [4.69, 9.17) is 5.73 Å². The Hall–Kier alpha value is -1.26. The Bertz CT molecular complexity index is 528. The van der Waals surface area contributed by atoms with Crippen LogP contribution < -0.4 is 5.73 Å². The van der Waals surface area contributed by atoms with E-state index in [1.165, 1.54) is 6.07 Å². The molecule has 0 saturated heterocycles. The topological polar surface area (TPSA) is 38.9 Å². The Labute approximate surface area is 121 Å². The summed E-state index contributed by atoms with van der Waals surface area (Å²) in [4.78, 5) is 4.35. The van der Waals surface area contributed by atoms with E-state index in [1.54, 1.807) is 18.3 Å². The van der Waals surface area contributed by atoms with Gasteiger partial charge < -0.3 is 5.73 Å². The first-order valence-electron chi connectivity index (χ1n) is 6.22. The first kappa shape index (κ1) is 14.2. The Morgan fingerprint density at radius 1 is 1.21 bits per heavy atom. The fourth-order valence-electron chi connectivity index (χ4n) is 2.06. The number of halogens is 2. The van der Waals surface area contributed by atoms with Crippen LogP contribution in [0.15, 0.2) is 47.1 Å². The number of hydrogen-bond donors (Lipinski definition) is 1. The summed E-state index contributed by atoms with van der Waals surface area (Å²) in [7, 11) is 0. The fraction of sp³-hybridized carbons (Fsp3) is 0.267. The van der Waals surface area contributed by atoms with Crippen molar-refractivity contribution in [3.05, 3.63) is 64.1 Å². The van der Waals surface area contributed by atoms with E-state index in [1.807, 2.05) is 18.2 Å². The molecule has 2 nitrogen and oxygen atoms in total.